The summed E-state index contributed by atoms with van der Waals surface area (Å²) in [5.74, 6) is 1.15. The van der Waals surface area contributed by atoms with E-state index in [1.54, 1.807) is 0 Å². The lowest BCUT2D eigenvalue weighted by Crippen LogP contribution is -2.47. The molecule has 21 heavy (non-hydrogen) atoms. The van der Waals surface area contributed by atoms with Gasteiger partial charge in [0.1, 0.15) is 0 Å². The Morgan fingerprint density at radius 2 is 2.14 bits per heavy atom. The average Bonchev–Trinajstić information content (AvgIpc) is 2.42. The number of nitrogens with zero attached hydrogens (tertiary/aromatic N) is 2. The summed E-state index contributed by atoms with van der Waals surface area (Å²) >= 11 is 0. The molecule has 124 valence electrons. The second-order valence-corrected chi connectivity index (χ2v) is 5.66. The largest absolute Gasteiger partial charge is 0.370 e. The summed E-state index contributed by atoms with van der Waals surface area (Å²) in [6, 6.07) is 0. The number of piperidine rings is 1. The summed E-state index contributed by atoms with van der Waals surface area (Å²) in [6.07, 6.45) is 7.70. The maximum absolute atomic E-state index is 11.0. The Balaban J connectivity index is 0.00000400. The maximum Gasteiger partial charge on any atom is 0.217 e. The normalized spacial score (nSPS) is 19.0. The Labute approximate surface area is 146 Å². The highest BCUT2D eigenvalue weighted by molar-refractivity contribution is 14.0. The van der Waals surface area contributed by atoms with Gasteiger partial charge in [0, 0.05) is 33.1 Å². The van der Waals surface area contributed by atoms with Gasteiger partial charge in [-0.25, -0.2) is 0 Å². The highest BCUT2D eigenvalue weighted by Gasteiger charge is 2.23. The van der Waals surface area contributed by atoms with Gasteiger partial charge in [-0.05, 0) is 25.2 Å². The second-order valence-electron chi connectivity index (χ2n) is 5.66. The zero-order chi connectivity index (χ0) is 14.8. The molecule has 1 atom stereocenters. The number of aliphatic imine (C=N–C) groups is 1. The van der Waals surface area contributed by atoms with Crippen molar-refractivity contribution in [2.75, 3.05) is 26.7 Å². The molecule has 0 aromatic rings. The molecule has 1 heterocycles. The van der Waals surface area contributed by atoms with E-state index < -0.39 is 0 Å². The van der Waals surface area contributed by atoms with E-state index in [0.29, 0.717) is 12.3 Å². The Hall–Kier alpha value is -0.530. The smallest absolute Gasteiger partial charge is 0.217 e. The summed E-state index contributed by atoms with van der Waals surface area (Å²) in [4.78, 5) is 17.7. The molecule has 1 rings (SSSR count). The number of halogens is 1. The van der Waals surface area contributed by atoms with E-state index >= 15 is 0 Å². The minimum atomic E-state index is -0.195. The van der Waals surface area contributed by atoms with E-state index in [2.05, 4.69) is 22.1 Å². The van der Waals surface area contributed by atoms with Crippen LogP contribution in [0, 0.1) is 5.92 Å². The molecule has 1 fully saturated rings. The van der Waals surface area contributed by atoms with Crippen molar-refractivity contribution in [2.45, 2.75) is 51.9 Å². The molecule has 3 N–H and O–H groups in total. The number of primary amides is 1. The fraction of sp³-hybridized carbons (Fsp3) is 0.867. The summed E-state index contributed by atoms with van der Waals surface area (Å²) in [7, 11) is 1.83. The molecule has 6 heteroatoms. The van der Waals surface area contributed by atoms with E-state index in [-0.39, 0.29) is 29.9 Å². The Morgan fingerprint density at radius 1 is 1.38 bits per heavy atom. The van der Waals surface area contributed by atoms with Crippen LogP contribution in [0.3, 0.4) is 0 Å². The van der Waals surface area contributed by atoms with E-state index in [1.165, 1.54) is 25.7 Å². The average molecular weight is 410 g/mol. The monoisotopic (exact) mass is 410 g/mol. The van der Waals surface area contributed by atoms with Gasteiger partial charge >= 0.3 is 0 Å². The van der Waals surface area contributed by atoms with Gasteiger partial charge in [-0.15, -0.1) is 24.0 Å². The van der Waals surface area contributed by atoms with Crippen LogP contribution >= 0.6 is 24.0 Å². The third-order valence-corrected chi connectivity index (χ3v) is 3.83. The minimum absolute atomic E-state index is 0. The highest BCUT2D eigenvalue weighted by atomic mass is 127. The van der Waals surface area contributed by atoms with Gasteiger partial charge in [0.15, 0.2) is 5.96 Å². The van der Waals surface area contributed by atoms with Crippen LogP contribution in [0.5, 0.6) is 0 Å². The van der Waals surface area contributed by atoms with Gasteiger partial charge in [-0.1, -0.05) is 26.2 Å². The number of hydrogen-bond donors (Lipinski definition) is 2. The zero-order valence-electron chi connectivity index (χ0n) is 13.4. The fourth-order valence-electron chi connectivity index (χ4n) is 2.79. The SMILES string of the molecule is CCCCCCNC(=NC)N1CCCC(CC(N)=O)C1.I. The third-order valence-electron chi connectivity index (χ3n) is 3.83. The maximum atomic E-state index is 11.0. The van der Waals surface area contributed by atoms with Crippen LogP contribution in [0.2, 0.25) is 0 Å². The van der Waals surface area contributed by atoms with Crippen LogP contribution in [0.1, 0.15) is 51.9 Å². The van der Waals surface area contributed by atoms with Crippen molar-refractivity contribution in [3.8, 4) is 0 Å². The molecule has 1 amide bonds. The van der Waals surface area contributed by atoms with Gasteiger partial charge in [0.25, 0.3) is 0 Å². The topological polar surface area (TPSA) is 70.7 Å². The Kier molecular flexibility index (Phi) is 11.8. The molecule has 0 aromatic heterocycles. The van der Waals surface area contributed by atoms with Crippen molar-refractivity contribution in [3.63, 3.8) is 0 Å². The van der Waals surface area contributed by atoms with Crippen LogP contribution in [0.4, 0.5) is 0 Å². The van der Waals surface area contributed by atoms with Crippen molar-refractivity contribution in [3.05, 3.63) is 0 Å². The van der Waals surface area contributed by atoms with Crippen molar-refractivity contribution in [1.82, 2.24) is 10.2 Å². The predicted molar refractivity (Wildman–Crippen MR) is 99.0 cm³/mol. The van der Waals surface area contributed by atoms with Crippen LogP contribution in [-0.2, 0) is 4.79 Å². The number of amides is 1. The third kappa shape index (κ3) is 8.48. The highest BCUT2D eigenvalue weighted by Crippen LogP contribution is 2.19. The number of hydrogen-bond acceptors (Lipinski definition) is 2. The first-order valence-corrected chi connectivity index (χ1v) is 7.91. The standard InChI is InChI=1S/C15H30N4O.HI/c1-3-4-5-6-9-18-15(17-2)19-10-7-8-13(12-19)11-14(16)20;/h13H,3-12H2,1-2H3,(H2,16,20)(H,17,18);1H. The Morgan fingerprint density at radius 3 is 2.76 bits per heavy atom. The van der Waals surface area contributed by atoms with E-state index in [1.807, 2.05) is 7.05 Å². The summed E-state index contributed by atoms with van der Waals surface area (Å²) in [6.45, 7) is 5.10. The first-order chi connectivity index (χ1) is 9.67. The molecule has 1 unspecified atom stereocenters. The molecular weight excluding hydrogens is 379 g/mol. The van der Waals surface area contributed by atoms with Gasteiger partial charge in [0.05, 0.1) is 0 Å². The molecular formula is C15H31IN4O. The number of guanidine groups is 1. The van der Waals surface area contributed by atoms with E-state index in [9.17, 15) is 4.79 Å². The predicted octanol–water partition coefficient (Wildman–Crippen LogP) is 2.35. The van der Waals surface area contributed by atoms with Crippen molar-refractivity contribution in [1.29, 1.82) is 0 Å². The quantitative estimate of drug-likeness (QED) is 0.293. The molecule has 0 aliphatic carbocycles. The lowest BCUT2D eigenvalue weighted by atomic mass is 9.95. The number of likely N-dealkylation sites (tertiary alicyclic amines) is 1. The lowest BCUT2D eigenvalue weighted by Gasteiger charge is -2.34. The number of rotatable bonds is 7. The summed E-state index contributed by atoms with van der Waals surface area (Å²) < 4.78 is 0. The molecule has 1 saturated heterocycles. The molecule has 0 bridgehead atoms. The summed E-state index contributed by atoms with van der Waals surface area (Å²) in [5, 5.41) is 3.43. The van der Waals surface area contributed by atoms with Gasteiger partial charge in [0.2, 0.25) is 5.91 Å². The summed E-state index contributed by atoms with van der Waals surface area (Å²) in [5.41, 5.74) is 5.30. The number of carbonyl (C=O) groups excluding carboxylic acids is 1. The molecule has 1 aliphatic heterocycles. The molecule has 5 nitrogen and oxygen atoms in total. The van der Waals surface area contributed by atoms with Crippen molar-refractivity contribution in [2.24, 2.45) is 16.6 Å². The first kappa shape index (κ1) is 20.5. The Bertz CT molecular complexity index is 323. The van der Waals surface area contributed by atoms with Crippen molar-refractivity contribution < 1.29 is 4.79 Å². The van der Waals surface area contributed by atoms with Crippen molar-refractivity contribution >= 4 is 35.8 Å². The molecule has 0 aromatic carbocycles. The van der Waals surface area contributed by atoms with Crippen LogP contribution in [-0.4, -0.2) is 43.4 Å². The minimum Gasteiger partial charge on any atom is -0.370 e. The number of nitrogens with one attached hydrogen (secondary N) is 1. The lowest BCUT2D eigenvalue weighted by molar-refractivity contribution is -0.119. The van der Waals surface area contributed by atoms with Crippen LogP contribution in [0.25, 0.3) is 0 Å². The fourth-order valence-corrected chi connectivity index (χ4v) is 2.79. The van der Waals surface area contributed by atoms with Crippen LogP contribution < -0.4 is 11.1 Å². The molecule has 0 radical (unpaired) electrons. The van der Waals surface area contributed by atoms with E-state index in [0.717, 1.165) is 38.4 Å². The first-order valence-electron chi connectivity index (χ1n) is 7.91. The molecule has 0 saturated carbocycles. The number of unbranched alkanes of at least 4 members (excludes halogenated alkanes) is 3. The second kappa shape index (κ2) is 12.1. The van der Waals surface area contributed by atoms with Crippen LogP contribution in [0.15, 0.2) is 4.99 Å². The molecule has 0 spiro atoms. The number of carbonyl (C=O) groups is 1. The van der Waals surface area contributed by atoms with Gasteiger partial charge in [-0.3, -0.25) is 9.79 Å². The van der Waals surface area contributed by atoms with E-state index in [4.69, 9.17) is 5.73 Å². The number of nitrogens with two attached hydrogens (primary N) is 1. The molecule has 1 aliphatic rings. The van der Waals surface area contributed by atoms with Gasteiger partial charge in [-0.2, -0.15) is 0 Å². The zero-order valence-corrected chi connectivity index (χ0v) is 15.8. The van der Waals surface area contributed by atoms with Gasteiger partial charge < -0.3 is 16.0 Å².